The zero-order valence-electron chi connectivity index (χ0n) is 13.9. The van der Waals surface area contributed by atoms with Gasteiger partial charge >= 0.3 is 5.97 Å². The monoisotopic (exact) mass is 290 g/mol. The van der Waals surface area contributed by atoms with E-state index in [1.807, 2.05) is 0 Å². The van der Waals surface area contributed by atoms with Crippen LogP contribution in [-0.2, 0) is 9.53 Å². The van der Waals surface area contributed by atoms with Gasteiger partial charge in [-0.25, -0.2) is 4.79 Å². The Bertz CT molecular complexity index is 438. The summed E-state index contributed by atoms with van der Waals surface area (Å²) in [5.41, 5.74) is 0.515. The molecule has 4 rings (SSSR count). The Morgan fingerprint density at radius 2 is 1.90 bits per heavy atom. The Kier molecular flexibility index (Phi) is 3.70. The van der Waals surface area contributed by atoms with Crippen LogP contribution in [0.2, 0.25) is 0 Å². The maximum Gasteiger partial charge on any atom is 0.333 e. The van der Waals surface area contributed by atoms with E-state index in [4.69, 9.17) is 4.74 Å². The minimum absolute atomic E-state index is 0.186. The smallest absolute Gasteiger partial charge is 0.333 e. The van der Waals surface area contributed by atoms with Crippen molar-refractivity contribution in [1.82, 2.24) is 0 Å². The first-order valence-electron chi connectivity index (χ1n) is 8.79. The fourth-order valence-corrected chi connectivity index (χ4v) is 5.87. The van der Waals surface area contributed by atoms with Gasteiger partial charge in [-0.2, -0.15) is 0 Å². The number of esters is 1. The second kappa shape index (κ2) is 5.14. The summed E-state index contributed by atoms with van der Waals surface area (Å²) in [4.78, 5) is 12.2. The van der Waals surface area contributed by atoms with Crippen molar-refractivity contribution in [1.29, 1.82) is 0 Å². The average molecular weight is 290 g/mol. The Hall–Kier alpha value is -0.790. The molecular weight excluding hydrogens is 260 g/mol. The fourth-order valence-electron chi connectivity index (χ4n) is 5.87. The molecule has 0 spiro atoms. The van der Waals surface area contributed by atoms with Gasteiger partial charge in [-0.05, 0) is 76.5 Å². The van der Waals surface area contributed by atoms with Crippen LogP contribution in [0.4, 0.5) is 0 Å². The maximum absolute atomic E-state index is 12.2. The van der Waals surface area contributed by atoms with Gasteiger partial charge in [-0.1, -0.05) is 19.9 Å². The van der Waals surface area contributed by atoms with Crippen LogP contribution in [0.5, 0.6) is 0 Å². The SMILES string of the molecule is C=C(C)C(=O)OC(C)(CCCC)C12CC3CC(CC1C3)C2. The number of rotatable bonds is 6. The predicted molar refractivity (Wildman–Crippen MR) is 84.8 cm³/mol. The van der Waals surface area contributed by atoms with Crippen LogP contribution in [0.1, 0.15) is 72.1 Å². The summed E-state index contributed by atoms with van der Waals surface area (Å²) in [7, 11) is 0. The lowest BCUT2D eigenvalue weighted by Crippen LogP contribution is -2.50. The molecule has 4 bridgehead atoms. The van der Waals surface area contributed by atoms with Crippen molar-refractivity contribution in [3.05, 3.63) is 12.2 Å². The minimum Gasteiger partial charge on any atom is -0.455 e. The summed E-state index contributed by atoms with van der Waals surface area (Å²) in [6, 6.07) is 0. The van der Waals surface area contributed by atoms with Gasteiger partial charge in [0, 0.05) is 11.0 Å². The molecule has 3 atom stereocenters. The predicted octanol–water partition coefficient (Wildman–Crippen LogP) is 4.88. The van der Waals surface area contributed by atoms with Crippen molar-refractivity contribution in [2.45, 2.75) is 77.7 Å². The highest BCUT2D eigenvalue weighted by Gasteiger charge is 2.66. The average Bonchev–Trinajstić information content (AvgIpc) is 2.83. The first kappa shape index (κ1) is 15.1. The molecule has 0 heterocycles. The summed E-state index contributed by atoms with van der Waals surface area (Å²) in [5, 5.41) is 0. The van der Waals surface area contributed by atoms with Crippen molar-refractivity contribution in [2.75, 3.05) is 0 Å². The van der Waals surface area contributed by atoms with E-state index in [1.165, 1.54) is 32.1 Å². The molecule has 2 nitrogen and oxygen atoms in total. The van der Waals surface area contributed by atoms with Crippen LogP contribution in [0.3, 0.4) is 0 Å². The molecule has 0 saturated heterocycles. The van der Waals surface area contributed by atoms with E-state index in [9.17, 15) is 4.79 Å². The highest BCUT2D eigenvalue weighted by atomic mass is 16.6. The van der Waals surface area contributed by atoms with E-state index in [1.54, 1.807) is 6.92 Å². The third-order valence-corrected chi connectivity index (χ3v) is 6.72. The molecule has 0 N–H and O–H groups in total. The number of unbranched alkanes of at least 4 members (excludes halogenated alkanes) is 1. The van der Waals surface area contributed by atoms with Crippen LogP contribution in [0, 0.1) is 23.2 Å². The van der Waals surface area contributed by atoms with Crippen molar-refractivity contribution in [3.8, 4) is 0 Å². The normalized spacial score (nSPS) is 39.3. The van der Waals surface area contributed by atoms with Gasteiger partial charge < -0.3 is 4.74 Å². The van der Waals surface area contributed by atoms with Crippen molar-refractivity contribution in [2.24, 2.45) is 23.2 Å². The molecule has 0 aromatic heterocycles. The van der Waals surface area contributed by atoms with Crippen molar-refractivity contribution >= 4 is 5.97 Å². The second-order valence-corrected chi connectivity index (χ2v) is 8.20. The first-order chi connectivity index (χ1) is 9.90. The van der Waals surface area contributed by atoms with E-state index < -0.39 is 0 Å². The Balaban J connectivity index is 1.88. The molecule has 4 aliphatic carbocycles. The highest BCUT2D eigenvalue weighted by molar-refractivity contribution is 5.87. The Labute approximate surface area is 129 Å². The van der Waals surface area contributed by atoms with Gasteiger partial charge in [-0.15, -0.1) is 0 Å². The summed E-state index contributed by atoms with van der Waals surface area (Å²) in [6.45, 7) is 9.99. The van der Waals surface area contributed by atoms with Gasteiger partial charge in [0.05, 0.1) is 0 Å². The number of ether oxygens (including phenoxy) is 1. The van der Waals surface area contributed by atoms with Gasteiger partial charge in [0.1, 0.15) is 5.60 Å². The van der Waals surface area contributed by atoms with E-state index in [-0.39, 0.29) is 17.0 Å². The molecule has 0 aliphatic heterocycles. The van der Waals surface area contributed by atoms with Crippen LogP contribution >= 0.6 is 0 Å². The Morgan fingerprint density at radius 1 is 1.29 bits per heavy atom. The third-order valence-electron chi connectivity index (χ3n) is 6.72. The third kappa shape index (κ3) is 2.26. The highest BCUT2D eigenvalue weighted by Crippen LogP contribution is 2.70. The lowest BCUT2D eigenvalue weighted by Gasteiger charge is -2.48. The fraction of sp³-hybridized carbons (Fsp3) is 0.842. The van der Waals surface area contributed by atoms with E-state index in [0.29, 0.717) is 5.57 Å². The molecular formula is C19H30O2. The van der Waals surface area contributed by atoms with Crippen molar-refractivity contribution < 1.29 is 9.53 Å². The van der Waals surface area contributed by atoms with Crippen LogP contribution in [0.25, 0.3) is 0 Å². The van der Waals surface area contributed by atoms with Crippen LogP contribution < -0.4 is 0 Å². The molecule has 0 aromatic carbocycles. The number of carbonyl (C=O) groups excluding carboxylic acids is 1. The van der Waals surface area contributed by atoms with Gasteiger partial charge in [0.25, 0.3) is 0 Å². The molecule has 2 heteroatoms. The number of carbonyl (C=O) groups is 1. The Morgan fingerprint density at radius 3 is 2.43 bits per heavy atom. The molecule has 118 valence electrons. The van der Waals surface area contributed by atoms with E-state index >= 15 is 0 Å². The second-order valence-electron chi connectivity index (χ2n) is 8.20. The largest absolute Gasteiger partial charge is 0.455 e. The van der Waals surface area contributed by atoms with E-state index in [0.717, 1.165) is 37.0 Å². The quantitative estimate of drug-likeness (QED) is 0.515. The molecule has 4 saturated carbocycles. The summed E-state index contributed by atoms with van der Waals surface area (Å²) in [5.74, 6) is 2.40. The number of hydrogen-bond donors (Lipinski definition) is 0. The minimum atomic E-state index is -0.284. The maximum atomic E-state index is 12.2. The molecule has 0 radical (unpaired) electrons. The number of hydrogen-bond acceptors (Lipinski definition) is 2. The molecule has 3 unspecified atom stereocenters. The standard InChI is InChI=1S/C19H30O2/c1-5-6-7-18(4,21-17(20)13(2)3)19-11-14-8-15(12-19)10-16(19)9-14/h14-16H,2,5-12H2,1,3-4H3. The summed E-state index contributed by atoms with van der Waals surface area (Å²) >= 11 is 0. The molecule has 0 aromatic rings. The van der Waals surface area contributed by atoms with Crippen LogP contribution in [0.15, 0.2) is 12.2 Å². The summed E-state index contributed by atoms with van der Waals surface area (Å²) in [6.07, 6.45) is 10.1. The molecule has 0 amide bonds. The zero-order valence-corrected chi connectivity index (χ0v) is 13.9. The van der Waals surface area contributed by atoms with Gasteiger partial charge in [0.2, 0.25) is 0 Å². The topological polar surface area (TPSA) is 26.3 Å². The summed E-state index contributed by atoms with van der Waals surface area (Å²) < 4.78 is 6.12. The zero-order chi connectivity index (χ0) is 15.3. The van der Waals surface area contributed by atoms with Gasteiger partial charge in [0.15, 0.2) is 0 Å². The van der Waals surface area contributed by atoms with Crippen molar-refractivity contribution in [3.63, 3.8) is 0 Å². The first-order valence-corrected chi connectivity index (χ1v) is 8.79. The van der Waals surface area contributed by atoms with E-state index in [2.05, 4.69) is 20.4 Å². The molecule has 4 aliphatic rings. The van der Waals surface area contributed by atoms with Gasteiger partial charge in [-0.3, -0.25) is 0 Å². The molecule has 21 heavy (non-hydrogen) atoms. The molecule has 4 fully saturated rings. The lowest BCUT2D eigenvalue weighted by atomic mass is 9.63. The van der Waals surface area contributed by atoms with Crippen LogP contribution in [-0.4, -0.2) is 11.6 Å². The lowest BCUT2D eigenvalue weighted by molar-refractivity contribution is -0.176.